The largest absolute Gasteiger partial charge is 0.478 e. The van der Waals surface area contributed by atoms with Crippen LogP contribution in [0.25, 0.3) is 11.3 Å². The second-order valence-electron chi connectivity index (χ2n) is 13.3. The van der Waals surface area contributed by atoms with Crippen molar-refractivity contribution in [2.45, 2.75) is 55.7 Å². The first-order valence-electron chi connectivity index (χ1n) is 15.2. The number of likely N-dealkylation sites (tertiary alicyclic amines) is 1. The summed E-state index contributed by atoms with van der Waals surface area (Å²) in [4.78, 5) is 41.5. The highest BCUT2D eigenvalue weighted by Crippen LogP contribution is 2.60. The van der Waals surface area contributed by atoms with Crippen LogP contribution in [0.3, 0.4) is 0 Å². The SMILES string of the molecule is CN(C)C1CN(CC2(C=O)CCc3c(-c4ccc(C(=O)O)cc4F)nn(C(=O)c4c(Cl)cccc4C4(C(F)(F)F)CC4)c3C2)CC1(F)F. The number of fused-ring (bicyclic) bond motifs is 1. The lowest BCUT2D eigenvalue weighted by molar-refractivity contribution is -0.160. The van der Waals surface area contributed by atoms with E-state index in [1.165, 1.54) is 48.2 Å². The van der Waals surface area contributed by atoms with Gasteiger partial charge in [-0.05, 0) is 69.6 Å². The van der Waals surface area contributed by atoms with E-state index in [-0.39, 0.29) is 78.3 Å². The van der Waals surface area contributed by atoms with Crippen molar-refractivity contribution in [1.82, 2.24) is 19.6 Å². The maximum Gasteiger partial charge on any atom is 0.398 e. The predicted molar refractivity (Wildman–Crippen MR) is 162 cm³/mol. The van der Waals surface area contributed by atoms with E-state index in [1.54, 1.807) is 0 Å². The van der Waals surface area contributed by atoms with Gasteiger partial charge in [-0.15, -0.1) is 0 Å². The van der Waals surface area contributed by atoms with Crippen molar-refractivity contribution in [3.63, 3.8) is 0 Å². The van der Waals surface area contributed by atoms with E-state index in [0.717, 1.165) is 16.8 Å². The van der Waals surface area contributed by atoms with Crippen molar-refractivity contribution >= 4 is 29.8 Å². The van der Waals surface area contributed by atoms with Crippen molar-refractivity contribution in [3.8, 4) is 11.3 Å². The number of likely N-dealkylation sites (N-methyl/N-ethyl adjacent to an activating group) is 1. The number of carboxylic acid groups (broad SMARTS) is 1. The fraction of sp³-hybridized carbons (Fsp3) is 0.455. The fourth-order valence-electron chi connectivity index (χ4n) is 7.25. The zero-order chi connectivity index (χ0) is 35.0. The van der Waals surface area contributed by atoms with Gasteiger partial charge < -0.3 is 9.90 Å². The maximum atomic E-state index is 15.4. The van der Waals surface area contributed by atoms with Gasteiger partial charge in [0.2, 0.25) is 0 Å². The van der Waals surface area contributed by atoms with Gasteiger partial charge in [0.1, 0.15) is 12.1 Å². The van der Waals surface area contributed by atoms with Crippen LogP contribution >= 0.6 is 11.6 Å². The number of carbonyl (C=O) groups is 3. The molecule has 6 rings (SSSR count). The zero-order valence-electron chi connectivity index (χ0n) is 25.9. The predicted octanol–water partition coefficient (Wildman–Crippen LogP) is 5.88. The minimum Gasteiger partial charge on any atom is -0.478 e. The van der Waals surface area contributed by atoms with Crippen molar-refractivity contribution in [2.24, 2.45) is 5.41 Å². The molecule has 3 aromatic rings. The van der Waals surface area contributed by atoms with Gasteiger partial charge in [-0.3, -0.25) is 14.6 Å². The molecule has 1 N–H and O–H groups in total. The zero-order valence-corrected chi connectivity index (χ0v) is 26.6. The molecule has 1 saturated heterocycles. The lowest BCUT2D eigenvalue weighted by Crippen LogP contribution is -2.43. The normalized spacial score (nSPS) is 23.2. The molecule has 2 aromatic carbocycles. The third-order valence-electron chi connectivity index (χ3n) is 9.95. The summed E-state index contributed by atoms with van der Waals surface area (Å²) >= 11 is 6.42. The first kappa shape index (κ1) is 34.1. The highest BCUT2D eigenvalue weighted by atomic mass is 35.5. The quantitative estimate of drug-likeness (QED) is 0.232. The number of rotatable bonds is 8. The highest BCUT2D eigenvalue weighted by molar-refractivity contribution is 6.34. The number of aldehydes is 1. The summed E-state index contributed by atoms with van der Waals surface area (Å²) in [7, 11) is 3.07. The number of aromatic nitrogens is 2. The molecule has 2 heterocycles. The minimum absolute atomic E-state index is 0.0322. The Labute approximate surface area is 276 Å². The van der Waals surface area contributed by atoms with Crippen LogP contribution in [0.2, 0.25) is 5.02 Å². The van der Waals surface area contributed by atoms with Crippen LogP contribution in [0.1, 0.15) is 56.8 Å². The van der Waals surface area contributed by atoms with Crippen LogP contribution in [-0.2, 0) is 23.1 Å². The van der Waals surface area contributed by atoms with Crippen molar-refractivity contribution in [2.75, 3.05) is 33.7 Å². The van der Waals surface area contributed by atoms with Crippen LogP contribution in [0, 0.1) is 11.2 Å². The molecule has 8 nitrogen and oxygen atoms in total. The molecule has 1 saturated carbocycles. The molecular formula is C33H31ClF6N4O4. The number of hydrogen-bond donors (Lipinski definition) is 1. The van der Waals surface area contributed by atoms with Crippen molar-refractivity contribution in [1.29, 1.82) is 0 Å². The molecule has 3 aliphatic rings. The first-order valence-corrected chi connectivity index (χ1v) is 15.6. The van der Waals surface area contributed by atoms with Gasteiger partial charge in [-0.25, -0.2) is 18.0 Å². The second-order valence-corrected chi connectivity index (χ2v) is 13.7. The van der Waals surface area contributed by atoms with E-state index < -0.39 is 58.8 Å². The van der Waals surface area contributed by atoms with Crippen LogP contribution < -0.4 is 0 Å². The summed E-state index contributed by atoms with van der Waals surface area (Å²) in [6, 6.07) is 5.78. The molecule has 2 fully saturated rings. The van der Waals surface area contributed by atoms with Crippen LogP contribution in [-0.4, -0.2) is 94.7 Å². The molecule has 0 radical (unpaired) electrons. The number of nitrogens with zero attached hydrogens (tertiary/aromatic N) is 4. The highest BCUT2D eigenvalue weighted by Gasteiger charge is 2.65. The molecule has 1 aliphatic heterocycles. The standard InChI is InChI=1S/C33H31ClF6N4O4/c1-42(2)25-14-43(16-32(25,36)37)15-30(17-45)9-8-20-24(13-30)44(41-27(20)19-7-6-18(29(47)48)12-23(19)35)28(46)26-21(4-3-5-22(26)34)31(10-11-31)33(38,39)40/h3-7,12,17,25H,8-11,13-16H2,1-2H3,(H,47,48). The summed E-state index contributed by atoms with van der Waals surface area (Å²) < 4.78 is 88.9. The molecule has 2 aliphatic carbocycles. The Morgan fingerprint density at radius 1 is 1.15 bits per heavy atom. The second kappa shape index (κ2) is 11.7. The number of halogens is 7. The minimum atomic E-state index is -4.69. The summed E-state index contributed by atoms with van der Waals surface area (Å²) in [5.41, 5.74) is -4.50. The molecule has 0 spiro atoms. The molecule has 0 bridgehead atoms. The molecule has 2 unspecified atom stereocenters. The van der Waals surface area contributed by atoms with Gasteiger partial charge in [-0.1, -0.05) is 23.7 Å². The fourth-order valence-corrected chi connectivity index (χ4v) is 7.51. The molecule has 2 atom stereocenters. The van der Waals surface area contributed by atoms with E-state index in [4.69, 9.17) is 11.6 Å². The van der Waals surface area contributed by atoms with Gasteiger partial charge in [0.05, 0.1) is 45.5 Å². The smallest absolute Gasteiger partial charge is 0.398 e. The third kappa shape index (κ3) is 5.61. The molecule has 256 valence electrons. The lowest BCUT2D eigenvalue weighted by atomic mass is 9.73. The van der Waals surface area contributed by atoms with Gasteiger partial charge >= 0.3 is 12.1 Å². The Morgan fingerprint density at radius 3 is 2.42 bits per heavy atom. The Morgan fingerprint density at radius 2 is 1.85 bits per heavy atom. The number of benzene rings is 2. The number of hydrogen-bond acceptors (Lipinski definition) is 6. The Balaban J connectivity index is 1.47. The third-order valence-corrected chi connectivity index (χ3v) is 10.3. The van der Waals surface area contributed by atoms with E-state index in [2.05, 4.69) is 5.10 Å². The molecular weight excluding hydrogens is 666 g/mol. The van der Waals surface area contributed by atoms with Crippen molar-refractivity contribution < 1.29 is 45.8 Å². The summed E-state index contributed by atoms with van der Waals surface area (Å²) in [5.74, 6) is -6.44. The van der Waals surface area contributed by atoms with Gasteiger partial charge in [-0.2, -0.15) is 23.0 Å². The Bertz CT molecular complexity index is 1820. The summed E-state index contributed by atoms with van der Waals surface area (Å²) in [6.07, 6.45) is -4.62. The first-order chi connectivity index (χ1) is 22.4. The average molecular weight is 697 g/mol. The molecule has 15 heteroatoms. The lowest BCUT2D eigenvalue weighted by Gasteiger charge is -2.36. The molecule has 1 aromatic heterocycles. The number of carbonyl (C=O) groups excluding carboxylic acids is 2. The van der Waals surface area contributed by atoms with Gasteiger partial charge in [0, 0.05) is 36.1 Å². The van der Waals surface area contributed by atoms with E-state index in [1.807, 2.05) is 0 Å². The van der Waals surface area contributed by atoms with Crippen molar-refractivity contribution in [3.05, 3.63) is 75.2 Å². The Hall–Kier alpha value is -3.75. The molecule has 0 amide bonds. The van der Waals surface area contributed by atoms with Crippen LogP contribution in [0.4, 0.5) is 26.3 Å². The summed E-state index contributed by atoms with van der Waals surface area (Å²) in [6.45, 7) is -0.734. The molecule has 48 heavy (non-hydrogen) atoms. The topological polar surface area (TPSA) is 95.7 Å². The van der Waals surface area contributed by atoms with Crippen LogP contribution in [0.15, 0.2) is 36.4 Å². The summed E-state index contributed by atoms with van der Waals surface area (Å²) in [5, 5.41) is 13.4. The number of carboxylic acids is 1. The average Bonchev–Trinajstić information content (AvgIpc) is 3.67. The maximum absolute atomic E-state index is 15.4. The Kier molecular flexibility index (Phi) is 8.31. The van der Waals surface area contributed by atoms with Gasteiger partial charge in [0.25, 0.3) is 11.8 Å². The van der Waals surface area contributed by atoms with E-state index >= 15 is 4.39 Å². The number of alkyl halides is 5. The number of aromatic carboxylic acids is 1. The van der Waals surface area contributed by atoms with Gasteiger partial charge in [0.15, 0.2) is 0 Å². The van der Waals surface area contributed by atoms with E-state index in [9.17, 15) is 41.4 Å². The van der Waals surface area contributed by atoms with Crippen LogP contribution in [0.5, 0.6) is 0 Å². The van der Waals surface area contributed by atoms with E-state index in [0.29, 0.717) is 11.8 Å². The monoisotopic (exact) mass is 696 g/mol.